The van der Waals surface area contributed by atoms with E-state index >= 15 is 0 Å². The zero-order valence-electron chi connectivity index (χ0n) is 16.1. The van der Waals surface area contributed by atoms with E-state index in [4.69, 9.17) is 9.15 Å². The van der Waals surface area contributed by atoms with Gasteiger partial charge in [-0.05, 0) is 12.0 Å². The van der Waals surface area contributed by atoms with Gasteiger partial charge in [-0.1, -0.05) is 24.1 Å². The average Bonchev–Trinajstić information content (AvgIpc) is 3.01. The third kappa shape index (κ3) is 4.71. The highest BCUT2D eigenvalue weighted by Crippen LogP contribution is 2.30. The highest BCUT2D eigenvalue weighted by atomic mass is 32.2. The fourth-order valence-corrected chi connectivity index (χ4v) is 3.68. The summed E-state index contributed by atoms with van der Waals surface area (Å²) in [6, 6.07) is 8.91. The molecule has 1 heterocycles. The number of fused-ring (bicyclic) bond motifs is 1. The van der Waals surface area contributed by atoms with E-state index in [1.807, 2.05) is 0 Å². The summed E-state index contributed by atoms with van der Waals surface area (Å²) in [5, 5.41) is 3.40. The number of anilines is 1. The standard InChI is InChI=1S/C21H18F3NO4S/c1-28-19-12-20(30(2,26)27)15(22)11-16(19)25-9-5-8-18-14(10-21(23)24)13-6-3-4-7-17(13)29-18/h3-4,6-7,11-12,21,25H,9-10H2,1-2H3. The molecule has 0 amide bonds. The van der Waals surface area contributed by atoms with Crippen LogP contribution < -0.4 is 10.1 Å². The van der Waals surface area contributed by atoms with Crippen LogP contribution in [0.1, 0.15) is 11.3 Å². The predicted octanol–water partition coefficient (Wildman–Crippen LogP) is 4.26. The van der Waals surface area contributed by atoms with Crippen molar-refractivity contribution in [3.63, 3.8) is 0 Å². The third-order valence-corrected chi connectivity index (χ3v) is 5.39. The average molecular weight is 437 g/mol. The Labute approximate surface area is 171 Å². The van der Waals surface area contributed by atoms with Crippen LogP contribution in [0.25, 0.3) is 11.0 Å². The lowest BCUT2D eigenvalue weighted by Crippen LogP contribution is -2.06. The maximum Gasteiger partial charge on any atom is 0.242 e. The molecule has 0 bridgehead atoms. The van der Waals surface area contributed by atoms with Gasteiger partial charge in [0.1, 0.15) is 22.0 Å². The van der Waals surface area contributed by atoms with Crippen LogP contribution in [0.15, 0.2) is 45.7 Å². The van der Waals surface area contributed by atoms with Crippen LogP contribution >= 0.6 is 0 Å². The van der Waals surface area contributed by atoms with Gasteiger partial charge in [0.05, 0.1) is 19.3 Å². The number of sulfone groups is 1. The van der Waals surface area contributed by atoms with Gasteiger partial charge in [0.15, 0.2) is 15.6 Å². The molecule has 0 fully saturated rings. The molecule has 1 N–H and O–H groups in total. The first-order chi connectivity index (χ1) is 14.2. The minimum absolute atomic E-state index is 0.0131. The van der Waals surface area contributed by atoms with Crippen molar-refractivity contribution < 1.29 is 30.7 Å². The molecule has 3 aromatic rings. The number of hydrogen-bond donors (Lipinski definition) is 1. The Morgan fingerprint density at radius 3 is 2.63 bits per heavy atom. The molecule has 5 nitrogen and oxygen atoms in total. The van der Waals surface area contributed by atoms with Gasteiger partial charge in [-0.15, -0.1) is 0 Å². The summed E-state index contributed by atoms with van der Waals surface area (Å²) < 4.78 is 74.0. The van der Waals surface area contributed by atoms with Gasteiger partial charge in [0, 0.05) is 35.8 Å². The van der Waals surface area contributed by atoms with E-state index in [1.165, 1.54) is 7.11 Å². The molecule has 3 rings (SSSR count). The second-order valence-electron chi connectivity index (χ2n) is 6.41. The summed E-state index contributed by atoms with van der Waals surface area (Å²) in [5.74, 6) is 4.81. The quantitative estimate of drug-likeness (QED) is 0.584. The SMILES string of the molecule is COc1cc(S(C)(=O)=O)c(F)cc1NCC#Cc1oc2ccccc2c1CC(F)F. The van der Waals surface area contributed by atoms with Crippen LogP contribution in [0.5, 0.6) is 5.75 Å². The Bertz CT molecular complexity index is 1240. The van der Waals surface area contributed by atoms with E-state index < -0.39 is 33.4 Å². The van der Waals surface area contributed by atoms with Crippen molar-refractivity contribution in [2.75, 3.05) is 25.2 Å². The molecule has 2 aromatic carbocycles. The number of rotatable bonds is 6. The minimum Gasteiger partial charge on any atom is -0.495 e. The number of halogens is 3. The molecule has 0 saturated heterocycles. The van der Waals surface area contributed by atoms with Crippen molar-refractivity contribution in [1.29, 1.82) is 0 Å². The molecule has 0 atom stereocenters. The highest BCUT2D eigenvalue weighted by Gasteiger charge is 2.18. The second kappa shape index (κ2) is 8.71. The molecule has 0 aliphatic rings. The van der Waals surface area contributed by atoms with Crippen molar-refractivity contribution in [2.24, 2.45) is 0 Å². The van der Waals surface area contributed by atoms with Gasteiger partial charge in [-0.3, -0.25) is 0 Å². The van der Waals surface area contributed by atoms with Gasteiger partial charge in [-0.2, -0.15) is 0 Å². The summed E-state index contributed by atoms with van der Waals surface area (Å²) in [6.45, 7) is 0.0131. The molecular weight excluding hydrogens is 419 g/mol. The van der Waals surface area contributed by atoms with Crippen molar-refractivity contribution in [1.82, 2.24) is 0 Å². The van der Waals surface area contributed by atoms with Crippen LogP contribution in [-0.4, -0.2) is 34.8 Å². The first-order valence-electron chi connectivity index (χ1n) is 8.79. The number of nitrogens with one attached hydrogen (secondary N) is 1. The first kappa shape index (κ1) is 21.6. The van der Waals surface area contributed by atoms with E-state index in [0.29, 0.717) is 16.5 Å². The molecular formula is C21H18F3NO4S. The van der Waals surface area contributed by atoms with Crippen LogP contribution in [0.3, 0.4) is 0 Å². The van der Waals surface area contributed by atoms with Crippen molar-refractivity contribution >= 4 is 26.5 Å². The van der Waals surface area contributed by atoms with Crippen molar-refractivity contribution in [2.45, 2.75) is 17.7 Å². The molecule has 9 heteroatoms. The van der Waals surface area contributed by atoms with E-state index in [1.54, 1.807) is 24.3 Å². The summed E-state index contributed by atoms with van der Waals surface area (Å²) in [7, 11) is -2.44. The molecule has 158 valence electrons. The molecule has 0 saturated carbocycles. The van der Waals surface area contributed by atoms with Crippen molar-refractivity contribution in [3.05, 3.63) is 53.5 Å². The number of furan rings is 1. The molecule has 1 aromatic heterocycles. The lowest BCUT2D eigenvalue weighted by molar-refractivity contribution is 0.149. The molecule has 0 unspecified atom stereocenters. The van der Waals surface area contributed by atoms with Gasteiger partial charge < -0.3 is 14.5 Å². The number of hydrogen-bond acceptors (Lipinski definition) is 5. The van der Waals surface area contributed by atoms with E-state index in [2.05, 4.69) is 17.2 Å². The third-order valence-electron chi connectivity index (χ3n) is 4.28. The molecule has 30 heavy (non-hydrogen) atoms. The number of methoxy groups -OCH3 is 1. The Hall–Kier alpha value is -3.12. The van der Waals surface area contributed by atoms with Crippen LogP contribution in [-0.2, 0) is 16.3 Å². The highest BCUT2D eigenvalue weighted by molar-refractivity contribution is 7.90. The fourth-order valence-electron chi connectivity index (χ4n) is 2.95. The molecule has 0 aliphatic carbocycles. The lowest BCUT2D eigenvalue weighted by atomic mass is 10.1. The Morgan fingerprint density at radius 1 is 1.23 bits per heavy atom. The van der Waals surface area contributed by atoms with E-state index in [-0.39, 0.29) is 23.7 Å². The van der Waals surface area contributed by atoms with E-state index in [9.17, 15) is 21.6 Å². The monoisotopic (exact) mass is 437 g/mol. The van der Waals surface area contributed by atoms with Crippen LogP contribution in [0.4, 0.5) is 18.9 Å². The van der Waals surface area contributed by atoms with Gasteiger partial charge in [-0.25, -0.2) is 21.6 Å². The minimum atomic E-state index is -3.76. The Kier molecular flexibility index (Phi) is 6.27. The van der Waals surface area contributed by atoms with Gasteiger partial charge in [0.2, 0.25) is 6.43 Å². The number of ether oxygens (including phenoxy) is 1. The fraction of sp³-hybridized carbons (Fsp3) is 0.238. The largest absolute Gasteiger partial charge is 0.495 e. The Morgan fingerprint density at radius 2 is 1.97 bits per heavy atom. The maximum atomic E-state index is 14.1. The maximum absolute atomic E-state index is 14.1. The second-order valence-corrected chi connectivity index (χ2v) is 8.40. The molecule has 0 radical (unpaired) electrons. The van der Waals surface area contributed by atoms with Gasteiger partial charge >= 0.3 is 0 Å². The molecule has 0 aliphatic heterocycles. The summed E-state index contributed by atoms with van der Waals surface area (Å²) in [5.41, 5.74) is 0.994. The lowest BCUT2D eigenvalue weighted by Gasteiger charge is -2.11. The van der Waals surface area contributed by atoms with Crippen LogP contribution in [0.2, 0.25) is 0 Å². The summed E-state index contributed by atoms with van der Waals surface area (Å²) in [6.07, 6.45) is -2.14. The molecule has 0 spiro atoms. The number of alkyl halides is 2. The zero-order chi connectivity index (χ0) is 21.9. The first-order valence-corrected chi connectivity index (χ1v) is 10.7. The number of benzene rings is 2. The Balaban J connectivity index is 1.84. The number of para-hydroxylation sites is 1. The summed E-state index contributed by atoms with van der Waals surface area (Å²) in [4.78, 5) is -0.477. The predicted molar refractivity (Wildman–Crippen MR) is 107 cm³/mol. The smallest absolute Gasteiger partial charge is 0.242 e. The van der Waals surface area contributed by atoms with Crippen LogP contribution in [0, 0.1) is 17.7 Å². The van der Waals surface area contributed by atoms with Gasteiger partial charge in [0.25, 0.3) is 0 Å². The summed E-state index contributed by atoms with van der Waals surface area (Å²) >= 11 is 0. The normalized spacial score (nSPS) is 11.4. The van der Waals surface area contributed by atoms with E-state index in [0.717, 1.165) is 18.4 Å². The topological polar surface area (TPSA) is 68.5 Å². The zero-order valence-corrected chi connectivity index (χ0v) is 16.9. The van der Waals surface area contributed by atoms with Crippen molar-refractivity contribution in [3.8, 4) is 17.6 Å².